The van der Waals surface area contributed by atoms with Crippen LogP contribution in [0.4, 0.5) is 0 Å². The summed E-state index contributed by atoms with van der Waals surface area (Å²) in [6.07, 6.45) is 0.843. The fraction of sp³-hybridized carbons (Fsp3) is 0.222. The summed E-state index contributed by atoms with van der Waals surface area (Å²) in [5, 5.41) is 3.97. The van der Waals surface area contributed by atoms with Gasteiger partial charge in [0, 0.05) is 4.47 Å². The number of halogens is 1. The van der Waals surface area contributed by atoms with E-state index in [2.05, 4.69) is 21.1 Å². The zero-order chi connectivity index (χ0) is 15.5. The van der Waals surface area contributed by atoms with Gasteiger partial charge in [0.1, 0.15) is 0 Å². The third kappa shape index (κ3) is 3.45. The van der Waals surface area contributed by atoms with Gasteiger partial charge in [0.05, 0.1) is 11.6 Å². The summed E-state index contributed by atoms with van der Waals surface area (Å²) in [7, 11) is 0. The van der Waals surface area contributed by atoms with Crippen molar-refractivity contribution in [3.63, 3.8) is 0 Å². The fourth-order valence-electron chi connectivity index (χ4n) is 2.45. The fourth-order valence-corrected chi connectivity index (χ4v) is 2.71. The molecule has 3 rings (SSSR count). The number of carbonyl (C=O) groups excluding carboxylic acids is 1. The first-order valence-electron chi connectivity index (χ1n) is 7.21. The molecule has 0 saturated heterocycles. The number of benzene rings is 2. The molecule has 1 saturated carbocycles. The van der Waals surface area contributed by atoms with Crippen molar-refractivity contribution in [1.29, 1.82) is 0 Å². The number of carbonyl (C=O) groups is 1. The molecule has 0 aliphatic heterocycles. The molecule has 0 bridgehead atoms. The van der Waals surface area contributed by atoms with E-state index < -0.39 is 0 Å². The highest BCUT2D eigenvalue weighted by Gasteiger charge is 2.45. The molecule has 1 aliphatic rings. The Hall–Kier alpha value is -1.94. The van der Waals surface area contributed by atoms with Gasteiger partial charge in [0.2, 0.25) is 0 Å². The van der Waals surface area contributed by atoms with Crippen LogP contribution in [0.2, 0.25) is 0 Å². The number of oxime groups is 1. The van der Waals surface area contributed by atoms with E-state index in [1.165, 1.54) is 5.56 Å². The summed E-state index contributed by atoms with van der Waals surface area (Å²) in [6, 6.07) is 17.8. The van der Waals surface area contributed by atoms with Gasteiger partial charge in [0.15, 0.2) is 0 Å². The molecule has 1 aliphatic carbocycles. The van der Waals surface area contributed by atoms with Gasteiger partial charge >= 0.3 is 5.97 Å². The minimum Gasteiger partial charge on any atom is -0.318 e. The summed E-state index contributed by atoms with van der Waals surface area (Å²) in [5.74, 6) is -0.0360. The topological polar surface area (TPSA) is 38.7 Å². The molecule has 0 spiro atoms. The quantitative estimate of drug-likeness (QED) is 0.458. The van der Waals surface area contributed by atoms with Crippen molar-refractivity contribution in [2.45, 2.75) is 19.3 Å². The van der Waals surface area contributed by atoms with E-state index in [0.717, 1.165) is 16.5 Å². The molecule has 1 fully saturated rings. The Bertz CT molecular complexity index is 695. The van der Waals surface area contributed by atoms with E-state index in [4.69, 9.17) is 4.84 Å². The van der Waals surface area contributed by atoms with Crippen molar-refractivity contribution in [2.75, 3.05) is 0 Å². The lowest BCUT2D eigenvalue weighted by molar-refractivity contribution is -0.145. The Kier molecular flexibility index (Phi) is 4.39. The molecule has 0 amide bonds. The zero-order valence-electron chi connectivity index (χ0n) is 12.2. The van der Waals surface area contributed by atoms with Crippen LogP contribution in [0.3, 0.4) is 0 Å². The van der Waals surface area contributed by atoms with Gasteiger partial charge in [-0.15, -0.1) is 0 Å². The van der Waals surface area contributed by atoms with Crippen molar-refractivity contribution >= 4 is 27.6 Å². The summed E-state index contributed by atoms with van der Waals surface area (Å²) in [6.45, 7) is 1.83. The van der Waals surface area contributed by atoms with E-state index in [1.54, 1.807) is 0 Å². The standard InChI is InChI=1S/C18H16BrNO2/c1-12(13-7-9-15(19)10-8-13)20-22-18(21)17-11-16(17)14-5-3-2-4-6-14/h2-10,16-17H,11H2,1H3/b20-12-. The second-order valence-corrected chi connectivity index (χ2v) is 6.37. The molecule has 0 heterocycles. The summed E-state index contributed by atoms with van der Waals surface area (Å²) < 4.78 is 1.00. The third-order valence-electron chi connectivity index (χ3n) is 3.86. The largest absolute Gasteiger partial charge is 0.338 e. The van der Waals surface area contributed by atoms with Gasteiger partial charge in [-0.25, -0.2) is 4.79 Å². The van der Waals surface area contributed by atoms with Crippen molar-refractivity contribution in [1.82, 2.24) is 0 Å². The lowest BCUT2D eigenvalue weighted by Crippen LogP contribution is -2.06. The minimum atomic E-state index is -0.245. The molecule has 2 unspecified atom stereocenters. The molecule has 0 radical (unpaired) electrons. The predicted molar refractivity (Wildman–Crippen MR) is 89.7 cm³/mol. The minimum absolute atomic E-state index is 0.0659. The maximum atomic E-state index is 12.0. The highest BCUT2D eigenvalue weighted by molar-refractivity contribution is 9.10. The third-order valence-corrected chi connectivity index (χ3v) is 4.38. The van der Waals surface area contributed by atoms with Gasteiger partial charge in [-0.3, -0.25) is 0 Å². The van der Waals surface area contributed by atoms with Gasteiger partial charge in [0.25, 0.3) is 0 Å². The van der Waals surface area contributed by atoms with E-state index in [0.29, 0.717) is 5.71 Å². The van der Waals surface area contributed by atoms with Crippen molar-refractivity contribution < 1.29 is 9.63 Å². The highest BCUT2D eigenvalue weighted by Crippen LogP contribution is 2.48. The van der Waals surface area contributed by atoms with E-state index in [9.17, 15) is 4.79 Å². The van der Waals surface area contributed by atoms with E-state index >= 15 is 0 Å². The highest BCUT2D eigenvalue weighted by atomic mass is 79.9. The van der Waals surface area contributed by atoms with Crippen LogP contribution in [0.15, 0.2) is 64.2 Å². The van der Waals surface area contributed by atoms with Crippen LogP contribution in [0.1, 0.15) is 30.4 Å². The Balaban J connectivity index is 1.59. The first kappa shape index (κ1) is 15.0. The Labute approximate surface area is 138 Å². The Morgan fingerprint density at radius 2 is 1.82 bits per heavy atom. The van der Waals surface area contributed by atoms with Gasteiger partial charge in [-0.1, -0.05) is 63.6 Å². The van der Waals surface area contributed by atoms with E-state index in [-0.39, 0.29) is 17.8 Å². The number of hydrogen-bond acceptors (Lipinski definition) is 3. The second kappa shape index (κ2) is 6.44. The predicted octanol–water partition coefficient (Wildman–Crippen LogP) is 4.52. The molecule has 112 valence electrons. The average molecular weight is 358 g/mol. The van der Waals surface area contributed by atoms with Crippen LogP contribution >= 0.6 is 15.9 Å². The normalized spacial score (nSPS) is 20.5. The van der Waals surface area contributed by atoms with Gasteiger partial charge < -0.3 is 4.84 Å². The van der Waals surface area contributed by atoms with Crippen molar-refractivity contribution in [3.8, 4) is 0 Å². The van der Waals surface area contributed by atoms with Crippen LogP contribution in [-0.2, 0) is 9.63 Å². The molecule has 2 atom stereocenters. The van der Waals surface area contributed by atoms with Crippen LogP contribution in [-0.4, -0.2) is 11.7 Å². The van der Waals surface area contributed by atoms with E-state index in [1.807, 2.05) is 61.5 Å². The number of hydrogen-bond donors (Lipinski definition) is 0. The maximum Gasteiger partial charge on any atom is 0.338 e. The molecule has 3 nitrogen and oxygen atoms in total. The molecule has 0 aromatic heterocycles. The summed E-state index contributed by atoms with van der Waals surface area (Å²) in [4.78, 5) is 17.1. The maximum absolute atomic E-state index is 12.0. The van der Waals surface area contributed by atoms with Gasteiger partial charge in [-0.2, -0.15) is 0 Å². The van der Waals surface area contributed by atoms with Crippen LogP contribution in [0.25, 0.3) is 0 Å². The summed E-state index contributed by atoms with van der Waals surface area (Å²) >= 11 is 3.39. The Morgan fingerprint density at radius 1 is 1.14 bits per heavy atom. The Morgan fingerprint density at radius 3 is 2.50 bits per heavy atom. The molecule has 4 heteroatoms. The van der Waals surface area contributed by atoms with Crippen LogP contribution in [0, 0.1) is 5.92 Å². The molecule has 2 aromatic rings. The van der Waals surface area contributed by atoms with Crippen LogP contribution < -0.4 is 0 Å². The average Bonchev–Trinajstić information content (AvgIpc) is 3.34. The lowest BCUT2D eigenvalue weighted by Gasteiger charge is -2.02. The summed E-state index contributed by atoms with van der Waals surface area (Å²) in [5.41, 5.74) is 2.82. The zero-order valence-corrected chi connectivity index (χ0v) is 13.8. The first-order chi connectivity index (χ1) is 10.6. The van der Waals surface area contributed by atoms with Crippen molar-refractivity contribution in [2.24, 2.45) is 11.1 Å². The SMILES string of the molecule is C/C(=N/OC(=O)C1CC1c1ccccc1)c1ccc(Br)cc1. The van der Waals surface area contributed by atoms with Crippen molar-refractivity contribution in [3.05, 3.63) is 70.2 Å². The molecule has 0 N–H and O–H groups in total. The first-order valence-corrected chi connectivity index (χ1v) is 8.01. The molecule has 22 heavy (non-hydrogen) atoms. The monoisotopic (exact) mass is 357 g/mol. The molecule has 2 aromatic carbocycles. The van der Waals surface area contributed by atoms with Crippen LogP contribution in [0.5, 0.6) is 0 Å². The molecular formula is C18H16BrNO2. The smallest absolute Gasteiger partial charge is 0.318 e. The number of nitrogens with zero attached hydrogens (tertiary/aromatic N) is 1. The second-order valence-electron chi connectivity index (χ2n) is 5.45. The molecular weight excluding hydrogens is 342 g/mol. The number of rotatable bonds is 4. The lowest BCUT2D eigenvalue weighted by atomic mass is 10.1. The van der Waals surface area contributed by atoms with Gasteiger partial charge in [-0.05, 0) is 42.5 Å².